The van der Waals surface area contributed by atoms with E-state index in [-0.39, 0.29) is 5.91 Å². The Bertz CT molecular complexity index is 639. The molecule has 0 spiro atoms. The molecule has 1 amide bonds. The van der Waals surface area contributed by atoms with Crippen LogP contribution in [0.4, 0.5) is 0 Å². The molecule has 2 rings (SSSR count). The van der Waals surface area contributed by atoms with Gasteiger partial charge in [-0.2, -0.15) is 4.31 Å². The molecule has 1 saturated heterocycles. The van der Waals surface area contributed by atoms with Gasteiger partial charge in [0.1, 0.15) is 0 Å². The molecule has 0 unspecified atom stereocenters. The van der Waals surface area contributed by atoms with Crippen LogP contribution >= 0.6 is 0 Å². The molecule has 0 atom stereocenters. The first kappa shape index (κ1) is 19.0. The number of nitrogens with zero attached hydrogens (tertiary/aromatic N) is 3. The number of unbranched alkanes of at least 4 members (excludes halogenated alkanes) is 2. The van der Waals surface area contributed by atoms with Crippen LogP contribution in [0.1, 0.15) is 37.1 Å². The lowest BCUT2D eigenvalue weighted by atomic mass is 10.1. The maximum atomic E-state index is 12.2. The molecule has 7 heteroatoms. The average molecular weight is 356 g/mol. The van der Waals surface area contributed by atoms with Crippen molar-refractivity contribution < 1.29 is 13.2 Å². The maximum absolute atomic E-state index is 12.2. The topological polar surface area (TPSA) is 62.6 Å². The highest BCUT2D eigenvalue weighted by Crippen LogP contribution is 2.12. The van der Waals surface area contributed by atoms with E-state index in [1.54, 1.807) is 4.90 Å². The first-order chi connectivity index (χ1) is 11.3. The summed E-state index contributed by atoms with van der Waals surface area (Å²) in [5.41, 5.74) is 2.57. The third-order valence-corrected chi connectivity index (χ3v) is 6.05. The van der Waals surface area contributed by atoms with Crippen LogP contribution in [0.5, 0.6) is 0 Å². The summed E-state index contributed by atoms with van der Waals surface area (Å²) in [6.07, 6.45) is 4.78. The number of aromatic nitrogens is 1. The Morgan fingerprint density at radius 2 is 1.58 bits per heavy atom. The molecule has 1 aliphatic rings. The second-order valence-electron chi connectivity index (χ2n) is 6.62. The fraction of sp³-hybridized carbons (Fsp3) is 0.706. The van der Waals surface area contributed by atoms with Crippen molar-refractivity contribution in [3.05, 3.63) is 23.5 Å². The molecule has 1 fully saturated rings. The van der Waals surface area contributed by atoms with E-state index >= 15 is 0 Å². The number of hydrogen-bond donors (Lipinski definition) is 0. The maximum Gasteiger partial charge on any atom is 0.222 e. The Kier molecular flexibility index (Phi) is 6.46. The molecule has 0 aliphatic carbocycles. The lowest BCUT2D eigenvalue weighted by Gasteiger charge is -2.33. The van der Waals surface area contributed by atoms with Gasteiger partial charge in [0.15, 0.2) is 0 Å². The normalized spacial score (nSPS) is 16.5. The average Bonchev–Trinajstić information content (AvgIpc) is 2.85. The summed E-state index contributed by atoms with van der Waals surface area (Å²) < 4.78 is 26.7. The smallest absolute Gasteiger partial charge is 0.222 e. The molecular weight excluding hydrogens is 326 g/mol. The van der Waals surface area contributed by atoms with Crippen molar-refractivity contribution >= 4 is 15.9 Å². The second-order valence-corrected chi connectivity index (χ2v) is 8.60. The zero-order valence-corrected chi connectivity index (χ0v) is 15.8. The SMILES string of the molecule is Cc1ccc(C)n1CCCCCC(=O)N1CCN(S(C)(=O)=O)CC1. The van der Waals surface area contributed by atoms with Crippen LogP contribution in [0.3, 0.4) is 0 Å². The first-order valence-corrected chi connectivity index (χ1v) is 10.5. The molecule has 24 heavy (non-hydrogen) atoms. The lowest BCUT2D eigenvalue weighted by Crippen LogP contribution is -2.50. The van der Waals surface area contributed by atoms with Crippen LogP contribution < -0.4 is 0 Å². The summed E-state index contributed by atoms with van der Waals surface area (Å²) in [7, 11) is -3.13. The number of rotatable bonds is 7. The van der Waals surface area contributed by atoms with Gasteiger partial charge in [0.25, 0.3) is 0 Å². The summed E-state index contributed by atoms with van der Waals surface area (Å²) in [6.45, 7) is 7.08. The molecule has 0 saturated carbocycles. The van der Waals surface area contributed by atoms with Crippen molar-refractivity contribution in [2.45, 2.75) is 46.1 Å². The monoisotopic (exact) mass is 355 g/mol. The molecular formula is C17H29N3O3S. The van der Waals surface area contributed by atoms with Crippen LogP contribution in [0.25, 0.3) is 0 Å². The Hall–Kier alpha value is -1.34. The molecule has 0 radical (unpaired) electrons. The number of carbonyl (C=O) groups excluding carboxylic acids is 1. The van der Waals surface area contributed by atoms with Crippen LogP contribution in [0.2, 0.25) is 0 Å². The minimum atomic E-state index is -3.13. The first-order valence-electron chi connectivity index (χ1n) is 8.64. The quantitative estimate of drug-likeness (QED) is 0.700. The van der Waals surface area contributed by atoms with Gasteiger partial charge in [0, 0.05) is 50.5 Å². The number of sulfonamides is 1. The number of carbonyl (C=O) groups is 1. The summed E-state index contributed by atoms with van der Waals surface area (Å²) in [6, 6.07) is 4.27. The molecule has 1 aliphatic heterocycles. The van der Waals surface area contributed by atoms with Crippen molar-refractivity contribution in [1.29, 1.82) is 0 Å². The Morgan fingerprint density at radius 3 is 2.12 bits per heavy atom. The van der Waals surface area contributed by atoms with Gasteiger partial charge in [-0.25, -0.2) is 8.42 Å². The van der Waals surface area contributed by atoms with Gasteiger partial charge >= 0.3 is 0 Å². The zero-order valence-electron chi connectivity index (χ0n) is 15.0. The van der Waals surface area contributed by atoms with E-state index in [1.165, 1.54) is 21.9 Å². The van der Waals surface area contributed by atoms with E-state index in [2.05, 4.69) is 30.5 Å². The number of piperazine rings is 1. The van der Waals surface area contributed by atoms with Crippen LogP contribution in [-0.4, -0.2) is 60.5 Å². The van der Waals surface area contributed by atoms with Crippen molar-refractivity contribution in [3.8, 4) is 0 Å². The van der Waals surface area contributed by atoms with E-state index in [0.717, 1.165) is 25.8 Å². The third-order valence-electron chi connectivity index (χ3n) is 4.75. The predicted octanol–water partition coefficient (Wildman–Crippen LogP) is 1.77. The largest absolute Gasteiger partial charge is 0.349 e. The Labute approximate surface area is 145 Å². The van der Waals surface area contributed by atoms with Crippen LogP contribution in [0.15, 0.2) is 12.1 Å². The van der Waals surface area contributed by atoms with E-state index in [9.17, 15) is 13.2 Å². The molecule has 2 heterocycles. The van der Waals surface area contributed by atoms with Gasteiger partial charge in [-0.05, 0) is 38.8 Å². The van der Waals surface area contributed by atoms with E-state index in [4.69, 9.17) is 0 Å². The van der Waals surface area contributed by atoms with Crippen LogP contribution in [0, 0.1) is 13.8 Å². The number of aryl methyl sites for hydroxylation is 2. The van der Waals surface area contributed by atoms with E-state index < -0.39 is 10.0 Å². The second kappa shape index (κ2) is 8.16. The van der Waals surface area contributed by atoms with Gasteiger partial charge in [0.2, 0.25) is 15.9 Å². The highest BCUT2D eigenvalue weighted by molar-refractivity contribution is 7.88. The van der Waals surface area contributed by atoms with Crippen molar-refractivity contribution in [3.63, 3.8) is 0 Å². The molecule has 1 aromatic heterocycles. The highest BCUT2D eigenvalue weighted by Gasteiger charge is 2.25. The van der Waals surface area contributed by atoms with E-state index in [0.29, 0.717) is 32.6 Å². The van der Waals surface area contributed by atoms with Crippen molar-refractivity contribution in [2.24, 2.45) is 0 Å². The fourth-order valence-corrected chi connectivity index (χ4v) is 4.03. The Balaban J connectivity index is 1.64. The van der Waals surface area contributed by atoms with Crippen LogP contribution in [-0.2, 0) is 21.4 Å². The van der Waals surface area contributed by atoms with Gasteiger partial charge in [-0.15, -0.1) is 0 Å². The molecule has 0 bridgehead atoms. The Morgan fingerprint density at radius 1 is 1.00 bits per heavy atom. The summed E-state index contributed by atoms with van der Waals surface area (Å²) in [4.78, 5) is 14.0. The summed E-state index contributed by atoms with van der Waals surface area (Å²) in [5.74, 6) is 0.150. The lowest BCUT2D eigenvalue weighted by molar-refractivity contribution is -0.132. The molecule has 0 N–H and O–H groups in total. The standard InChI is InChI=1S/C17H29N3O3S/c1-15-8-9-16(2)20(15)10-6-4-5-7-17(21)18-11-13-19(14-12-18)24(3,22)23/h8-9H,4-7,10-14H2,1-3H3. The number of hydrogen-bond acceptors (Lipinski definition) is 3. The van der Waals surface area contributed by atoms with Crippen molar-refractivity contribution in [2.75, 3.05) is 32.4 Å². The third kappa shape index (κ3) is 5.08. The van der Waals surface area contributed by atoms with Gasteiger partial charge < -0.3 is 9.47 Å². The summed E-state index contributed by atoms with van der Waals surface area (Å²) in [5, 5.41) is 0. The number of amides is 1. The van der Waals surface area contributed by atoms with Gasteiger partial charge in [0.05, 0.1) is 6.26 Å². The molecule has 0 aromatic carbocycles. The molecule has 1 aromatic rings. The van der Waals surface area contributed by atoms with Gasteiger partial charge in [-0.3, -0.25) is 4.79 Å². The van der Waals surface area contributed by atoms with Gasteiger partial charge in [-0.1, -0.05) is 6.42 Å². The van der Waals surface area contributed by atoms with E-state index in [1.807, 2.05) is 0 Å². The minimum absolute atomic E-state index is 0.150. The predicted molar refractivity (Wildman–Crippen MR) is 95.4 cm³/mol. The molecule has 136 valence electrons. The minimum Gasteiger partial charge on any atom is -0.349 e. The van der Waals surface area contributed by atoms with Crippen molar-refractivity contribution in [1.82, 2.24) is 13.8 Å². The molecule has 6 nitrogen and oxygen atoms in total. The zero-order chi connectivity index (χ0) is 17.7. The summed E-state index contributed by atoms with van der Waals surface area (Å²) >= 11 is 0. The highest BCUT2D eigenvalue weighted by atomic mass is 32.2. The fourth-order valence-electron chi connectivity index (χ4n) is 3.20.